The van der Waals surface area contributed by atoms with Gasteiger partial charge in [0.2, 0.25) is 5.79 Å². The smallest absolute Gasteiger partial charge is 0.283 e. The Morgan fingerprint density at radius 3 is 2.35 bits per heavy atom. The van der Waals surface area contributed by atoms with Crippen molar-refractivity contribution in [2.45, 2.75) is 25.2 Å². The highest BCUT2D eigenvalue weighted by molar-refractivity contribution is 5.84. The highest BCUT2D eigenvalue weighted by atomic mass is 16.7. The summed E-state index contributed by atoms with van der Waals surface area (Å²) in [6.45, 7) is 1.27. The molecular weight excluding hydrogens is 258 g/mol. The molecule has 1 aromatic carbocycles. The number of ether oxygens (including phenoxy) is 3. The third kappa shape index (κ3) is 2.78. The zero-order valence-corrected chi connectivity index (χ0v) is 12.2. The van der Waals surface area contributed by atoms with Crippen LogP contribution in [0.3, 0.4) is 0 Å². The van der Waals surface area contributed by atoms with Crippen LogP contribution >= 0.6 is 0 Å². The average Bonchev–Trinajstić information content (AvgIpc) is 2.50. The number of nitrogens with zero attached hydrogens (tertiary/aromatic N) is 1. The number of methoxy groups -OCH3 is 3. The SMILES string of the molecule is COc1ccc(CN2CCCC(OC)(OC)C2=O)cc1. The van der Waals surface area contributed by atoms with Gasteiger partial charge in [0.15, 0.2) is 0 Å². The summed E-state index contributed by atoms with van der Waals surface area (Å²) in [4.78, 5) is 14.3. The Kier molecular flexibility index (Phi) is 4.62. The zero-order valence-electron chi connectivity index (χ0n) is 12.2. The number of rotatable bonds is 5. The van der Waals surface area contributed by atoms with Crippen molar-refractivity contribution in [1.29, 1.82) is 0 Å². The van der Waals surface area contributed by atoms with Crippen LogP contribution < -0.4 is 4.74 Å². The molecule has 0 aromatic heterocycles. The van der Waals surface area contributed by atoms with Crippen LogP contribution in [0.25, 0.3) is 0 Å². The minimum atomic E-state index is -1.12. The fraction of sp³-hybridized carbons (Fsp3) is 0.533. The molecule has 1 saturated heterocycles. The van der Waals surface area contributed by atoms with Gasteiger partial charge in [-0.25, -0.2) is 0 Å². The van der Waals surface area contributed by atoms with Gasteiger partial charge in [-0.2, -0.15) is 0 Å². The normalized spacial score (nSPS) is 18.1. The van der Waals surface area contributed by atoms with Crippen molar-refractivity contribution >= 4 is 5.91 Å². The zero-order chi connectivity index (χ0) is 14.6. The van der Waals surface area contributed by atoms with Gasteiger partial charge in [-0.15, -0.1) is 0 Å². The highest BCUT2D eigenvalue weighted by Crippen LogP contribution is 2.28. The molecule has 0 saturated carbocycles. The summed E-state index contributed by atoms with van der Waals surface area (Å²) in [7, 11) is 4.66. The third-order valence-electron chi connectivity index (χ3n) is 3.74. The van der Waals surface area contributed by atoms with Gasteiger partial charge in [-0.3, -0.25) is 4.79 Å². The Labute approximate surface area is 119 Å². The maximum atomic E-state index is 12.5. The second-order valence-electron chi connectivity index (χ2n) is 4.84. The Morgan fingerprint density at radius 1 is 1.15 bits per heavy atom. The highest BCUT2D eigenvalue weighted by Gasteiger charge is 2.44. The van der Waals surface area contributed by atoms with Crippen LogP contribution in [0, 0.1) is 0 Å². The first kappa shape index (κ1) is 14.8. The number of likely N-dealkylation sites (tertiary alicyclic amines) is 1. The van der Waals surface area contributed by atoms with E-state index in [1.54, 1.807) is 12.0 Å². The van der Waals surface area contributed by atoms with Crippen LogP contribution in [0.4, 0.5) is 0 Å². The monoisotopic (exact) mass is 279 g/mol. The first-order chi connectivity index (χ1) is 9.65. The van der Waals surface area contributed by atoms with E-state index in [2.05, 4.69) is 0 Å². The molecule has 110 valence electrons. The number of amides is 1. The number of benzene rings is 1. The number of hydrogen-bond donors (Lipinski definition) is 0. The van der Waals surface area contributed by atoms with Gasteiger partial charge < -0.3 is 19.1 Å². The molecule has 0 radical (unpaired) electrons. The number of carbonyl (C=O) groups is 1. The average molecular weight is 279 g/mol. The van der Waals surface area contributed by atoms with Crippen LogP contribution in [0.15, 0.2) is 24.3 Å². The van der Waals surface area contributed by atoms with E-state index in [1.807, 2.05) is 24.3 Å². The standard InChI is InChI=1S/C15H21NO4/c1-18-13-7-5-12(6-8-13)11-16-10-4-9-15(19-2,20-3)14(16)17/h5-8H,4,9-11H2,1-3H3. The molecule has 1 amide bonds. The third-order valence-corrected chi connectivity index (χ3v) is 3.74. The van der Waals surface area contributed by atoms with Crippen molar-refractivity contribution in [3.8, 4) is 5.75 Å². The molecule has 0 aliphatic carbocycles. The predicted molar refractivity (Wildman–Crippen MR) is 74.4 cm³/mol. The molecule has 20 heavy (non-hydrogen) atoms. The Bertz CT molecular complexity index is 453. The second kappa shape index (κ2) is 6.24. The lowest BCUT2D eigenvalue weighted by Crippen LogP contribution is -2.55. The molecule has 1 fully saturated rings. The molecule has 0 spiro atoms. The van der Waals surface area contributed by atoms with E-state index in [0.29, 0.717) is 13.0 Å². The van der Waals surface area contributed by atoms with Crippen LogP contribution in [0.1, 0.15) is 18.4 Å². The Balaban J connectivity index is 2.10. The molecule has 2 rings (SSSR count). The van der Waals surface area contributed by atoms with E-state index < -0.39 is 5.79 Å². The molecule has 1 heterocycles. The van der Waals surface area contributed by atoms with E-state index in [4.69, 9.17) is 14.2 Å². The lowest BCUT2D eigenvalue weighted by molar-refractivity contribution is -0.229. The van der Waals surface area contributed by atoms with Crippen LogP contribution in [0.2, 0.25) is 0 Å². The van der Waals surface area contributed by atoms with E-state index in [1.165, 1.54) is 14.2 Å². The molecule has 1 aliphatic heterocycles. The molecule has 1 aromatic rings. The summed E-state index contributed by atoms with van der Waals surface area (Å²) < 4.78 is 15.8. The maximum Gasteiger partial charge on any atom is 0.283 e. The van der Waals surface area contributed by atoms with E-state index in [9.17, 15) is 4.79 Å². The van der Waals surface area contributed by atoms with Gasteiger partial charge in [0.1, 0.15) is 5.75 Å². The minimum Gasteiger partial charge on any atom is -0.497 e. The molecule has 0 N–H and O–H groups in total. The largest absolute Gasteiger partial charge is 0.497 e. The summed E-state index contributed by atoms with van der Waals surface area (Å²) in [6, 6.07) is 7.71. The van der Waals surface area contributed by atoms with E-state index in [0.717, 1.165) is 24.3 Å². The second-order valence-corrected chi connectivity index (χ2v) is 4.84. The van der Waals surface area contributed by atoms with Gasteiger partial charge in [-0.1, -0.05) is 12.1 Å². The lowest BCUT2D eigenvalue weighted by atomic mass is 10.0. The lowest BCUT2D eigenvalue weighted by Gasteiger charge is -2.39. The first-order valence-electron chi connectivity index (χ1n) is 6.68. The molecule has 0 bridgehead atoms. The number of piperidine rings is 1. The Hall–Kier alpha value is -1.59. The van der Waals surface area contributed by atoms with Crippen LogP contribution in [-0.4, -0.2) is 44.5 Å². The molecule has 0 unspecified atom stereocenters. The van der Waals surface area contributed by atoms with Gasteiger partial charge in [-0.05, 0) is 24.1 Å². The summed E-state index contributed by atoms with van der Waals surface area (Å²) in [5.74, 6) is -0.420. The summed E-state index contributed by atoms with van der Waals surface area (Å²) in [5, 5.41) is 0. The first-order valence-corrected chi connectivity index (χ1v) is 6.68. The fourth-order valence-corrected chi connectivity index (χ4v) is 2.52. The van der Waals surface area contributed by atoms with Crippen molar-refractivity contribution in [1.82, 2.24) is 4.90 Å². The van der Waals surface area contributed by atoms with Crippen molar-refractivity contribution < 1.29 is 19.0 Å². The molecular formula is C15H21NO4. The molecule has 5 nitrogen and oxygen atoms in total. The van der Waals surface area contributed by atoms with Gasteiger partial charge >= 0.3 is 0 Å². The fourth-order valence-electron chi connectivity index (χ4n) is 2.52. The molecule has 1 aliphatic rings. The van der Waals surface area contributed by atoms with E-state index in [-0.39, 0.29) is 5.91 Å². The van der Waals surface area contributed by atoms with Crippen molar-refractivity contribution in [2.24, 2.45) is 0 Å². The predicted octanol–water partition coefficient (Wildman–Crippen LogP) is 1.81. The van der Waals surface area contributed by atoms with Crippen LogP contribution in [0.5, 0.6) is 5.75 Å². The van der Waals surface area contributed by atoms with Gasteiger partial charge in [0, 0.05) is 33.7 Å². The quantitative estimate of drug-likeness (QED) is 0.771. The molecule has 0 atom stereocenters. The molecule has 5 heteroatoms. The summed E-state index contributed by atoms with van der Waals surface area (Å²) in [5.41, 5.74) is 1.06. The topological polar surface area (TPSA) is 48.0 Å². The Morgan fingerprint density at radius 2 is 1.80 bits per heavy atom. The van der Waals surface area contributed by atoms with Gasteiger partial charge in [0.05, 0.1) is 7.11 Å². The maximum absolute atomic E-state index is 12.5. The summed E-state index contributed by atoms with van der Waals surface area (Å²) >= 11 is 0. The van der Waals surface area contributed by atoms with Crippen LogP contribution in [-0.2, 0) is 20.8 Å². The van der Waals surface area contributed by atoms with Crippen molar-refractivity contribution in [3.05, 3.63) is 29.8 Å². The minimum absolute atomic E-state index is 0.107. The number of carbonyl (C=O) groups excluding carboxylic acids is 1. The van der Waals surface area contributed by atoms with Gasteiger partial charge in [0.25, 0.3) is 5.91 Å². The number of hydrogen-bond acceptors (Lipinski definition) is 4. The van der Waals surface area contributed by atoms with Crippen molar-refractivity contribution in [3.63, 3.8) is 0 Å². The summed E-state index contributed by atoms with van der Waals surface area (Å²) in [6.07, 6.45) is 1.46. The van der Waals surface area contributed by atoms with E-state index >= 15 is 0 Å². The van der Waals surface area contributed by atoms with Crippen molar-refractivity contribution in [2.75, 3.05) is 27.9 Å².